The first-order chi connectivity index (χ1) is 4.50. The van der Waals surface area contributed by atoms with Gasteiger partial charge in [-0.3, -0.25) is 4.68 Å². The lowest BCUT2D eigenvalue weighted by molar-refractivity contribution is 0.700. The molecule has 0 aliphatic carbocycles. The Morgan fingerprint density at radius 3 is 2.40 bits per heavy atom. The van der Waals surface area contributed by atoms with E-state index >= 15 is 0 Å². The zero-order valence-corrected chi connectivity index (χ0v) is 8.58. The molecule has 0 aliphatic rings. The SMILES string of the molecule is Cn1ccc(C(C)(C)I)n1. The average Bonchev–Trinajstić information content (AvgIpc) is 2.11. The Kier molecular flexibility index (Phi) is 2.03. The second-order valence-electron chi connectivity index (χ2n) is 2.85. The van der Waals surface area contributed by atoms with Crippen molar-refractivity contribution in [3.8, 4) is 0 Å². The first-order valence-corrected chi connectivity index (χ1v) is 4.27. The van der Waals surface area contributed by atoms with Crippen molar-refractivity contribution in [1.82, 2.24) is 9.78 Å². The molecule has 0 radical (unpaired) electrons. The van der Waals surface area contributed by atoms with Gasteiger partial charge in [0, 0.05) is 13.2 Å². The normalized spacial score (nSPS) is 12.0. The summed E-state index contributed by atoms with van der Waals surface area (Å²) in [5.74, 6) is 0. The monoisotopic (exact) mass is 250 g/mol. The van der Waals surface area contributed by atoms with Gasteiger partial charge in [0.2, 0.25) is 0 Å². The summed E-state index contributed by atoms with van der Waals surface area (Å²) >= 11 is 2.38. The number of hydrogen-bond donors (Lipinski definition) is 0. The van der Waals surface area contributed by atoms with E-state index in [2.05, 4.69) is 41.5 Å². The molecule has 1 aromatic rings. The molecule has 56 valence electrons. The molecule has 1 aromatic heterocycles. The van der Waals surface area contributed by atoms with Crippen LogP contribution in [-0.2, 0) is 10.5 Å². The predicted octanol–water partition coefficient (Wildman–Crippen LogP) is 2.09. The molecule has 0 saturated carbocycles. The molecule has 0 unspecified atom stereocenters. The van der Waals surface area contributed by atoms with E-state index in [9.17, 15) is 0 Å². The molecule has 0 amide bonds. The standard InChI is InChI=1S/C7H11IN2/c1-7(2,8)6-4-5-10(3)9-6/h4-5H,1-3H3. The summed E-state index contributed by atoms with van der Waals surface area (Å²) in [4.78, 5) is 0. The van der Waals surface area contributed by atoms with Crippen molar-refractivity contribution < 1.29 is 0 Å². The van der Waals surface area contributed by atoms with Crippen molar-refractivity contribution in [2.75, 3.05) is 0 Å². The average molecular weight is 250 g/mol. The molecule has 0 saturated heterocycles. The van der Waals surface area contributed by atoms with Gasteiger partial charge in [-0.15, -0.1) is 0 Å². The Labute approximate surface area is 74.8 Å². The van der Waals surface area contributed by atoms with Gasteiger partial charge in [0.1, 0.15) is 0 Å². The highest BCUT2D eigenvalue weighted by atomic mass is 127. The highest BCUT2D eigenvalue weighted by Gasteiger charge is 2.17. The van der Waals surface area contributed by atoms with Gasteiger partial charge in [0.05, 0.1) is 9.12 Å². The van der Waals surface area contributed by atoms with Crippen LogP contribution in [0.3, 0.4) is 0 Å². The lowest BCUT2D eigenvalue weighted by Gasteiger charge is -2.11. The van der Waals surface area contributed by atoms with Crippen molar-refractivity contribution in [2.24, 2.45) is 7.05 Å². The number of aryl methyl sites for hydroxylation is 1. The summed E-state index contributed by atoms with van der Waals surface area (Å²) in [7, 11) is 1.94. The quantitative estimate of drug-likeness (QED) is 0.551. The van der Waals surface area contributed by atoms with E-state index in [4.69, 9.17) is 0 Å². The number of rotatable bonds is 1. The molecule has 10 heavy (non-hydrogen) atoms. The van der Waals surface area contributed by atoms with Gasteiger partial charge in [-0.1, -0.05) is 22.6 Å². The predicted molar refractivity (Wildman–Crippen MR) is 50.3 cm³/mol. The van der Waals surface area contributed by atoms with Gasteiger partial charge in [-0.25, -0.2) is 0 Å². The van der Waals surface area contributed by atoms with E-state index < -0.39 is 0 Å². The molecule has 1 rings (SSSR count). The summed E-state index contributed by atoms with van der Waals surface area (Å²) in [5, 5.41) is 4.29. The highest BCUT2D eigenvalue weighted by molar-refractivity contribution is 14.1. The number of halogens is 1. The first-order valence-electron chi connectivity index (χ1n) is 3.19. The van der Waals surface area contributed by atoms with Gasteiger partial charge < -0.3 is 0 Å². The summed E-state index contributed by atoms with van der Waals surface area (Å²) < 4.78 is 1.98. The summed E-state index contributed by atoms with van der Waals surface area (Å²) in [6.45, 7) is 4.30. The number of alkyl halides is 1. The molecular formula is C7H11IN2. The maximum absolute atomic E-state index is 4.29. The largest absolute Gasteiger partial charge is 0.276 e. The summed E-state index contributed by atoms with van der Waals surface area (Å²) in [6, 6.07) is 2.05. The highest BCUT2D eigenvalue weighted by Crippen LogP contribution is 2.28. The van der Waals surface area contributed by atoms with Crippen molar-refractivity contribution in [3.63, 3.8) is 0 Å². The van der Waals surface area contributed by atoms with E-state index in [1.54, 1.807) is 0 Å². The Hall–Kier alpha value is -0.0600. The van der Waals surface area contributed by atoms with Crippen LogP contribution in [0, 0.1) is 0 Å². The molecule has 0 aromatic carbocycles. The van der Waals surface area contributed by atoms with Gasteiger partial charge >= 0.3 is 0 Å². The van der Waals surface area contributed by atoms with Crippen molar-refractivity contribution in [1.29, 1.82) is 0 Å². The molecule has 0 spiro atoms. The maximum atomic E-state index is 4.29. The summed E-state index contributed by atoms with van der Waals surface area (Å²) in [5.41, 5.74) is 1.13. The molecule has 0 fully saturated rings. The van der Waals surface area contributed by atoms with Crippen LogP contribution in [0.1, 0.15) is 19.5 Å². The molecule has 0 aliphatic heterocycles. The van der Waals surface area contributed by atoms with E-state index in [-0.39, 0.29) is 3.42 Å². The maximum Gasteiger partial charge on any atom is 0.0777 e. The van der Waals surface area contributed by atoms with Crippen molar-refractivity contribution in [2.45, 2.75) is 17.3 Å². The third-order valence-electron chi connectivity index (χ3n) is 1.32. The Morgan fingerprint density at radius 1 is 1.60 bits per heavy atom. The second kappa shape index (κ2) is 2.53. The van der Waals surface area contributed by atoms with Crippen LogP contribution in [0.2, 0.25) is 0 Å². The zero-order chi connectivity index (χ0) is 7.78. The van der Waals surface area contributed by atoms with Gasteiger partial charge in [-0.05, 0) is 19.9 Å². The third kappa shape index (κ3) is 1.71. The van der Waals surface area contributed by atoms with Gasteiger partial charge in [-0.2, -0.15) is 5.10 Å². The minimum absolute atomic E-state index is 0.152. The zero-order valence-electron chi connectivity index (χ0n) is 6.43. The molecule has 0 atom stereocenters. The van der Waals surface area contributed by atoms with Crippen LogP contribution in [0.15, 0.2) is 12.3 Å². The molecule has 3 heteroatoms. The van der Waals surface area contributed by atoms with E-state index in [1.165, 1.54) is 0 Å². The Morgan fingerprint density at radius 2 is 2.20 bits per heavy atom. The molecular weight excluding hydrogens is 239 g/mol. The molecule has 0 N–H and O–H groups in total. The fourth-order valence-electron chi connectivity index (χ4n) is 0.732. The van der Waals surface area contributed by atoms with Crippen LogP contribution in [-0.4, -0.2) is 9.78 Å². The van der Waals surface area contributed by atoms with E-state index in [0.717, 1.165) is 5.69 Å². The van der Waals surface area contributed by atoms with Crippen LogP contribution >= 0.6 is 22.6 Å². The number of aromatic nitrogens is 2. The van der Waals surface area contributed by atoms with Crippen LogP contribution in [0.4, 0.5) is 0 Å². The lowest BCUT2D eigenvalue weighted by atomic mass is 10.1. The fraction of sp³-hybridized carbons (Fsp3) is 0.571. The second-order valence-corrected chi connectivity index (χ2v) is 5.54. The minimum atomic E-state index is 0.152. The van der Waals surface area contributed by atoms with Crippen LogP contribution < -0.4 is 0 Å². The Bertz CT molecular complexity index is 222. The van der Waals surface area contributed by atoms with E-state index in [0.29, 0.717) is 0 Å². The summed E-state index contributed by atoms with van der Waals surface area (Å²) in [6.07, 6.45) is 1.97. The number of nitrogens with zero attached hydrogens (tertiary/aromatic N) is 2. The van der Waals surface area contributed by atoms with Crippen LogP contribution in [0.5, 0.6) is 0 Å². The third-order valence-corrected chi connectivity index (χ3v) is 1.88. The van der Waals surface area contributed by atoms with Crippen molar-refractivity contribution >= 4 is 22.6 Å². The number of hydrogen-bond acceptors (Lipinski definition) is 1. The van der Waals surface area contributed by atoms with Crippen molar-refractivity contribution in [3.05, 3.63) is 18.0 Å². The molecule has 1 heterocycles. The topological polar surface area (TPSA) is 17.8 Å². The minimum Gasteiger partial charge on any atom is -0.276 e. The fourth-order valence-corrected chi connectivity index (χ4v) is 1.02. The smallest absolute Gasteiger partial charge is 0.0777 e. The Balaban J connectivity index is 2.96. The molecule has 2 nitrogen and oxygen atoms in total. The van der Waals surface area contributed by atoms with Gasteiger partial charge in [0.25, 0.3) is 0 Å². The van der Waals surface area contributed by atoms with E-state index in [1.807, 2.05) is 24.0 Å². The first kappa shape index (κ1) is 8.04. The molecule has 0 bridgehead atoms. The van der Waals surface area contributed by atoms with Crippen LogP contribution in [0.25, 0.3) is 0 Å². The van der Waals surface area contributed by atoms with Gasteiger partial charge in [0.15, 0.2) is 0 Å². The lowest BCUT2D eigenvalue weighted by Crippen LogP contribution is -2.07.